The second kappa shape index (κ2) is 5.54. The number of likely N-dealkylation sites (N-methyl/N-ethyl adjacent to an activating group) is 1. The van der Waals surface area contributed by atoms with Gasteiger partial charge in [0.05, 0.1) is 0 Å². The minimum absolute atomic E-state index is 0.662. The zero-order valence-corrected chi connectivity index (χ0v) is 8.21. The Morgan fingerprint density at radius 1 is 1.46 bits per heavy atom. The van der Waals surface area contributed by atoms with E-state index in [1.807, 2.05) is 25.4 Å². The van der Waals surface area contributed by atoms with Crippen LogP contribution in [0, 0.1) is 0 Å². The molecule has 1 heterocycles. The van der Waals surface area contributed by atoms with E-state index in [0.29, 0.717) is 12.5 Å². The molecule has 13 heavy (non-hydrogen) atoms. The first-order chi connectivity index (χ1) is 6.36. The SMILES string of the molecule is CCc1ccc(OCCNC)nc1. The van der Waals surface area contributed by atoms with Gasteiger partial charge in [-0.1, -0.05) is 13.0 Å². The lowest BCUT2D eigenvalue weighted by Crippen LogP contribution is -2.16. The lowest BCUT2D eigenvalue weighted by atomic mass is 10.2. The summed E-state index contributed by atoms with van der Waals surface area (Å²) in [6.45, 7) is 3.62. The van der Waals surface area contributed by atoms with E-state index in [0.717, 1.165) is 13.0 Å². The summed E-state index contributed by atoms with van der Waals surface area (Å²) in [7, 11) is 1.90. The molecule has 0 fully saturated rings. The van der Waals surface area contributed by atoms with Crippen LogP contribution in [0.15, 0.2) is 18.3 Å². The van der Waals surface area contributed by atoms with Gasteiger partial charge < -0.3 is 10.1 Å². The van der Waals surface area contributed by atoms with Crippen molar-refractivity contribution in [2.45, 2.75) is 13.3 Å². The van der Waals surface area contributed by atoms with Crippen LogP contribution < -0.4 is 10.1 Å². The topological polar surface area (TPSA) is 34.1 Å². The largest absolute Gasteiger partial charge is 0.476 e. The first kappa shape index (κ1) is 9.99. The fourth-order valence-electron chi connectivity index (χ4n) is 0.963. The number of nitrogens with one attached hydrogen (secondary N) is 1. The van der Waals surface area contributed by atoms with Gasteiger partial charge >= 0.3 is 0 Å². The van der Waals surface area contributed by atoms with Gasteiger partial charge in [-0.25, -0.2) is 4.98 Å². The van der Waals surface area contributed by atoms with Crippen molar-refractivity contribution in [3.63, 3.8) is 0 Å². The van der Waals surface area contributed by atoms with E-state index in [2.05, 4.69) is 17.2 Å². The maximum Gasteiger partial charge on any atom is 0.213 e. The highest BCUT2D eigenvalue weighted by molar-refractivity contribution is 5.17. The van der Waals surface area contributed by atoms with Crippen LogP contribution >= 0.6 is 0 Å². The van der Waals surface area contributed by atoms with Crippen molar-refractivity contribution >= 4 is 0 Å². The Kier molecular flexibility index (Phi) is 4.26. The molecule has 0 saturated carbocycles. The summed E-state index contributed by atoms with van der Waals surface area (Å²) in [5, 5.41) is 3.01. The molecule has 1 N–H and O–H groups in total. The molecule has 0 aliphatic heterocycles. The number of ether oxygens (including phenoxy) is 1. The Hall–Kier alpha value is -1.09. The average molecular weight is 180 g/mol. The van der Waals surface area contributed by atoms with E-state index < -0.39 is 0 Å². The van der Waals surface area contributed by atoms with Crippen molar-refractivity contribution in [2.24, 2.45) is 0 Å². The van der Waals surface area contributed by atoms with Crippen LogP contribution in [0.3, 0.4) is 0 Å². The van der Waals surface area contributed by atoms with Crippen LogP contribution in [0.25, 0.3) is 0 Å². The molecule has 0 aliphatic carbocycles. The lowest BCUT2D eigenvalue weighted by Gasteiger charge is -2.04. The quantitative estimate of drug-likeness (QED) is 0.692. The monoisotopic (exact) mass is 180 g/mol. The second-order valence-corrected chi connectivity index (χ2v) is 2.81. The summed E-state index contributed by atoms with van der Waals surface area (Å²) in [4.78, 5) is 4.17. The van der Waals surface area contributed by atoms with Crippen LogP contribution in [0.2, 0.25) is 0 Å². The number of hydrogen-bond acceptors (Lipinski definition) is 3. The molecule has 1 aromatic rings. The molecule has 0 saturated heterocycles. The Balaban J connectivity index is 2.40. The number of rotatable bonds is 5. The molecule has 0 spiro atoms. The molecule has 0 bridgehead atoms. The van der Waals surface area contributed by atoms with E-state index in [4.69, 9.17) is 4.74 Å². The zero-order chi connectivity index (χ0) is 9.52. The predicted molar refractivity (Wildman–Crippen MR) is 53.0 cm³/mol. The van der Waals surface area contributed by atoms with Gasteiger partial charge in [0.15, 0.2) is 0 Å². The van der Waals surface area contributed by atoms with Crippen molar-refractivity contribution < 1.29 is 4.74 Å². The molecule has 3 heteroatoms. The number of pyridine rings is 1. The van der Waals surface area contributed by atoms with Gasteiger partial charge in [0.25, 0.3) is 0 Å². The van der Waals surface area contributed by atoms with Crippen molar-refractivity contribution in [2.75, 3.05) is 20.2 Å². The van der Waals surface area contributed by atoms with Crippen molar-refractivity contribution in [3.05, 3.63) is 23.9 Å². The van der Waals surface area contributed by atoms with Crippen LogP contribution in [0.4, 0.5) is 0 Å². The van der Waals surface area contributed by atoms with Crippen molar-refractivity contribution in [1.29, 1.82) is 0 Å². The average Bonchev–Trinajstić information content (AvgIpc) is 2.19. The normalized spacial score (nSPS) is 10.0. The number of aromatic nitrogens is 1. The van der Waals surface area contributed by atoms with Crippen molar-refractivity contribution in [1.82, 2.24) is 10.3 Å². The Morgan fingerprint density at radius 3 is 2.85 bits per heavy atom. The number of hydrogen-bond donors (Lipinski definition) is 1. The number of aryl methyl sites for hydroxylation is 1. The highest BCUT2D eigenvalue weighted by Crippen LogP contribution is 2.07. The highest BCUT2D eigenvalue weighted by Gasteiger charge is 1.94. The maximum atomic E-state index is 5.37. The second-order valence-electron chi connectivity index (χ2n) is 2.81. The molecule has 72 valence electrons. The highest BCUT2D eigenvalue weighted by atomic mass is 16.5. The summed E-state index contributed by atoms with van der Waals surface area (Å²) < 4.78 is 5.37. The minimum atomic E-state index is 0.662. The van der Waals surface area contributed by atoms with E-state index in [1.54, 1.807) is 0 Å². The molecule has 3 nitrogen and oxygen atoms in total. The molecular weight excluding hydrogens is 164 g/mol. The summed E-state index contributed by atoms with van der Waals surface area (Å²) in [5.74, 6) is 0.701. The third kappa shape index (κ3) is 3.42. The smallest absolute Gasteiger partial charge is 0.213 e. The fraction of sp³-hybridized carbons (Fsp3) is 0.500. The number of nitrogens with zero attached hydrogens (tertiary/aromatic N) is 1. The molecule has 0 aliphatic rings. The van der Waals surface area contributed by atoms with Crippen LogP contribution in [-0.4, -0.2) is 25.2 Å². The first-order valence-electron chi connectivity index (χ1n) is 4.59. The van der Waals surface area contributed by atoms with Gasteiger partial charge in [0.1, 0.15) is 6.61 Å². The third-order valence-corrected chi connectivity index (χ3v) is 1.81. The third-order valence-electron chi connectivity index (χ3n) is 1.81. The molecule has 0 aromatic carbocycles. The molecule has 0 atom stereocenters. The predicted octanol–water partition coefficient (Wildman–Crippen LogP) is 1.24. The maximum absolute atomic E-state index is 5.37. The van der Waals surface area contributed by atoms with Gasteiger partial charge in [0, 0.05) is 18.8 Å². The Bertz CT molecular complexity index is 233. The Morgan fingerprint density at radius 2 is 2.31 bits per heavy atom. The summed E-state index contributed by atoms with van der Waals surface area (Å²) >= 11 is 0. The van der Waals surface area contributed by atoms with Gasteiger partial charge in [-0.15, -0.1) is 0 Å². The van der Waals surface area contributed by atoms with Gasteiger partial charge in [-0.05, 0) is 19.0 Å². The van der Waals surface area contributed by atoms with Crippen LogP contribution in [0.5, 0.6) is 5.88 Å². The van der Waals surface area contributed by atoms with E-state index in [9.17, 15) is 0 Å². The molecular formula is C10H16N2O. The molecule has 0 amide bonds. The zero-order valence-electron chi connectivity index (χ0n) is 8.21. The molecule has 0 unspecified atom stereocenters. The molecule has 1 rings (SSSR count). The van der Waals surface area contributed by atoms with E-state index >= 15 is 0 Å². The minimum Gasteiger partial charge on any atom is -0.476 e. The van der Waals surface area contributed by atoms with E-state index in [-0.39, 0.29) is 0 Å². The van der Waals surface area contributed by atoms with Gasteiger partial charge in [-0.2, -0.15) is 0 Å². The van der Waals surface area contributed by atoms with Crippen molar-refractivity contribution in [3.8, 4) is 5.88 Å². The Labute approximate surface area is 79.1 Å². The fourth-order valence-corrected chi connectivity index (χ4v) is 0.963. The van der Waals surface area contributed by atoms with Crippen LogP contribution in [-0.2, 0) is 6.42 Å². The summed E-state index contributed by atoms with van der Waals surface area (Å²) in [6, 6.07) is 3.95. The van der Waals surface area contributed by atoms with Gasteiger partial charge in [0.2, 0.25) is 5.88 Å². The first-order valence-corrected chi connectivity index (χ1v) is 4.59. The van der Waals surface area contributed by atoms with Gasteiger partial charge in [-0.3, -0.25) is 0 Å². The lowest BCUT2D eigenvalue weighted by molar-refractivity contribution is 0.306. The van der Waals surface area contributed by atoms with E-state index in [1.165, 1.54) is 5.56 Å². The molecule has 0 radical (unpaired) electrons. The standard InChI is InChI=1S/C10H16N2O/c1-3-9-4-5-10(12-8-9)13-7-6-11-2/h4-5,8,11H,3,6-7H2,1-2H3. The molecule has 1 aromatic heterocycles. The summed E-state index contributed by atoms with van der Waals surface area (Å²) in [5.41, 5.74) is 1.24. The van der Waals surface area contributed by atoms with Crippen LogP contribution in [0.1, 0.15) is 12.5 Å². The summed E-state index contributed by atoms with van der Waals surface area (Å²) in [6.07, 6.45) is 2.87.